The lowest BCUT2D eigenvalue weighted by Gasteiger charge is -2.08. The molecule has 0 radical (unpaired) electrons. The molecule has 0 aliphatic rings. The molecule has 3 nitrogen and oxygen atoms in total. The molecule has 0 bridgehead atoms. The second kappa shape index (κ2) is 6.36. The number of hydrogen-bond donors (Lipinski definition) is 0. The fraction of sp³-hybridized carbons (Fsp3) is 0.222. The van der Waals surface area contributed by atoms with Gasteiger partial charge < -0.3 is 4.42 Å². The SMILES string of the molecule is Cc1ccc(SC(C)c2nnc(-c3ccccc3)o2)cc1C. The molecule has 0 spiro atoms. The number of aryl methyl sites for hydroxylation is 2. The van der Waals surface area contributed by atoms with Gasteiger partial charge in [-0.1, -0.05) is 24.3 Å². The Hall–Kier alpha value is -2.07. The smallest absolute Gasteiger partial charge is 0.247 e. The van der Waals surface area contributed by atoms with E-state index in [1.165, 1.54) is 16.0 Å². The molecule has 1 unspecified atom stereocenters. The maximum absolute atomic E-state index is 5.81. The van der Waals surface area contributed by atoms with Crippen molar-refractivity contribution in [1.29, 1.82) is 0 Å². The highest BCUT2D eigenvalue weighted by molar-refractivity contribution is 7.99. The predicted octanol–water partition coefficient (Wildman–Crippen LogP) is 5.21. The highest BCUT2D eigenvalue weighted by Gasteiger charge is 2.16. The Morgan fingerprint density at radius 3 is 2.45 bits per heavy atom. The van der Waals surface area contributed by atoms with E-state index >= 15 is 0 Å². The van der Waals surface area contributed by atoms with Gasteiger partial charge in [0.25, 0.3) is 0 Å². The van der Waals surface area contributed by atoms with Crippen molar-refractivity contribution in [3.63, 3.8) is 0 Å². The van der Waals surface area contributed by atoms with E-state index in [-0.39, 0.29) is 5.25 Å². The summed E-state index contributed by atoms with van der Waals surface area (Å²) in [5.74, 6) is 1.23. The highest BCUT2D eigenvalue weighted by atomic mass is 32.2. The number of nitrogens with zero attached hydrogens (tertiary/aromatic N) is 2. The van der Waals surface area contributed by atoms with Crippen LogP contribution in [0.3, 0.4) is 0 Å². The quantitative estimate of drug-likeness (QED) is 0.620. The van der Waals surface area contributed by atoms with Crippen LogP contribution in [0, 0.1) is 13.8 Å². The molecule has 3 aromatic rings. The Balaban J connectivity index is 1.77. The van der Waals surface area contributed by atoms with Gasteiger partial charge in [0.1, 0.15) is 0 Å². The van der Waals surface area contributed by atoms with Gasteiger partial charge in [-0.15, -0.1) is 22.0 Å². The van der Waals surface area contributed by atoms with Gasteiger partial charge in [0.15, 0.2) is 0 Å². The van der Waals surface area contributed by atoms with Crippen molar-refractivity contribution in [2.75, 3.05) is 0 Å². The fourth-order valence-corrected chi connectivity index (χ4v) is 3.13. The van der Waals surface area contributed by atoms with E-state index in [0.29, 0.717) is 11.8 Å². The second-order valence-corrected chi connectivity index (χ2v) is 6.73. The maximum Gasteiger partial charge on any atom is 0.247 e. The summed E-state index contributed by atoms with van der Waals surface area (Å²) in [6, 6.07) is 16.3. The molecule has 1 atom stereocenters. The first-order chi connectivity index (χ1) is 10.6. The van der Waals surface area contributed by atoms with Crippen molar-refractivity contribution < 1.29 is 4.42 Å². The van der Waals surface area contributed by atoms with Crippen LogP contribution in [-0.4, -0.2) is 10.2 Å². The van der Waals surface area contributed by atoms with Gasteiger partial charge in [0.2, 0.25) is 11.8 Å². The summed E-state index contributed by atoms with van der Waals surface area (Å²) in [4.78, 5) is 1.22. The molecule has 112 valence electrons. The van der Waals surface area contributed by atoms with Gasteiger partial charge in [-0.25, -0.2) is 0 Å². The predicted molar refractivity (Wildman–Crippen MR) is 89.9 cm³/mol. The lowest BCUT2D eigenvalue weighted by atomic mass is 10.1. The zero-order chi connectivity index (χ0) is 15.5. The highest BCUT2D eigenvalue weighted by Crippen LogP contribution is 2.35. The van der Waals surface area contributed by atoms with Crippen LogP contribution < -0.4 is 0 Å². The lowest BCUT2D eigenvalue weighted by Crippen LogP contribution is -1.89. The molecular weight excluding hydrogens is 292 g/mol. The van der Waals surface area contributed by atoms with Crippen molar-refractivity contribution in [1.82, 2.24) is 10.2 Å². The number of rotatable bonds is 4. The minimum Gasteiger partial charge on any atom is -0.419 e. The number of aromatic nitrogens is 2. The summed E-state index contributed by atoms with van der Waals surface area (Å²) >= 11 is 1.73. The minimum absolute atomic E-state index is 0.118. The Bertz CT molecular complexity index is 768. The maximum atomic E-state index is 5.81. The van der Waals surface area contributed by atoms with Crippen LogP contribution in [0.5, 0.6) is 0 Å². The van der Waals surface area contributed by atoms with Gasteiger partial charge in [-0.3, -0.25) is 0 Å². The van der Waals surface area contributed by atoms with Crippen LogP contribution >= 0.6 is 11.8 Å². The molecule has 1 aromatic heterocycles. The topological polar surface area (TPSA) is 38.9 Å². The summed E-state index contributed by atoms with van der Waals surface area (Å²) in [5, 5.41) is 8.46. The summed E-state index contributed by atoms with van der Waals surface area (Å²) in [6.45, 7) is 6.34. The van der Waals surface area contributed by atoms with E-state index in [4.69, 9.17) is 4.42 Å². The average Bonchev–Trinajstić information content (AvgIpc) is 3.02. The molecule has 4 heteroatoms. The van der Waals surface area contributed by atoms with Crippen LogP contribution in [0.25, 0.3) is 11.5 Å². The molecule has 22 heavy (non-hydrogen) atoms. The molecule has 3 rings (SSSR count). The summed E-state index contributed by atoms with van der Waals surface area (Å²) in [5.41, 5.74) is 3.55. The van der Waals surface area contributed by atoms with E-state index < -0.39 is 0 Å². The number of benzene rings is 2. The monoisotopic (exact) mass is 310 g/mol. The third-order valence-electron chi connectivity index (χ3n) is 3.60. The normalized spacial score (nSPS) is 12.3. The number of thioether (sulfide) groups is 1. The van der Waals surface area contributed by atoms with Crippen LogP contribution in [0.2, 0.25) is 0 Å². The summed E-state index contributed by atoms with van der Waals surface area (Å²) in [7, 11) is 0. The first-order valence-electron chi connectivity index (χ1n) is 7.26. The Kier molecular flexibility index (Phi) is 4.29. The van der Waals surface area contributed by atoms with Crippen LogP contribution in [0.4, 0.5) is 0 Å². The minimum atomic E-state index is 0.118. The van der Waals surface area contributed by atoms with E-state index in [9.17, 15) is 0 Å². The average molecular weight is 310 g/mol. The molecule has 2 aromatic carbocycles. The number of hydrogen-bond acceptors (Lipinski definition) is 4. The van der Waals surface area contributed by atoms with Crippen LogP contribution in [0.1, 0.15) is 29.2 Å². The third-order valence-corrected chi connectivity index (χ3v) is 4.68. The van der Waals surface area contributed by atoms with Gasteiger partial charge in [0.05, 0.1) is 5.25 Å². The summed E-state index contributed by atoms with van der Waals surface area (Å²) < 4.78 is 5.81. The molecule has 0 N–H and O–H groups in total. The zero-order valence-electron chi connectivity index (χ0n) is 12.9. The summed E-state index contributed by atoms with van der Waals surface area (Å²) in [6.07, 6.45) is 0. The fourth-order valence-electron chi connectivity index (χ4n) is 2.14. The molecule has 0 saturated heterocycles. The van der Waals surface area contributed by atoms with Crippen molar-refractivity contribution in [3.8, 4) is 11.5 Å². The first-order valence-corrected chi connectivity index (χ1v) is 8.14. The van der Waals surface area contributed by atoms with E-state index in [1.54, 1.807) is 11.8 Å². The van der Waals surface area contributed by atoms with Crippen LogP contribution in [0.15, 0.2) is 57.8 Å². The molecule has 1 heterocycles. The Morgan fingerprint density at radius 1 is 0.955 bits per heavy atom. The van der Waals surface area contributed by atoms with E-state index in [1.807, 2.05) is 30.3 Å². The molecule has 0 aliphatic carbocycles. The molecular formula is C18H18N2OS. The van der Waals surface area contributed by atoms with Gasteiger partial charge in [-0.2, -0.15) is 0 Å². The van der Waals surface area contributed by atoms with Crippen molar-refractivity contribution in [3.05, 3.63) is 65.5 Å². The van der Waals surface area contributed by atoms with E-state index in [0.717, 1.165) is 5.56 Å². The standard InChI is InChI=1S/C18H18N2OS/c1-12-9-10-16(11-13(12)2)22-14(3)17-19-20-18(21-17)15-7-5-4-6-8-15/h4-11,14H,1-3H3. The largest absolute Gasteiger partial charge is 0.419 e. The Morgan fingerprint density at radius 2 is 1.73 bits per heavy atom. The molecule has 0 fully saturated rings. The van der Waals surface area contributed by atoms with Gasteiger partial charge in [-0.05, 0) is 56.2 Å². The van der Waals surface area contributed by atoms with E-state index in [2.05, 4.69) is 49.2 Å². The van der Waals surface area contributed by atoms with Crippen molar-refractivity contribution >= 4 is 11.8 Å². The molecule has 0 saturated carbocycles. The van der Waals surface area contributed by atoms with Crippen LogP contribution in [-0.2, 0) is 0 Å². The second-order valence-electron chi connectivity index (χ2n) is 5.32. The van der Waals surface area contributed by atoms with Crippen molar-refractivity contribution in [2.45, 2.75) is 30.9 Å². The van der Waals surface area contributed by atoms with Gasteiger partial charge in [0, 0.05) is 10.5 Å². The third kappa shape index (κ3) is 3.22. The first kappa shape index (κ1) is 14.9. The Labute approximate surface area is 134 Å². The lowest BCUT2D eigenvalue weighted by molar-refractivity contribution is 0.509. The molecule has 0 aliphatic heterocycles. The van der Waals surface area contributed by atoms with Crippen molar-refractivity contribution in [2.24, 2.45) is 0 Å². The van der Waals surface area contributed by atoms with Gasteiger partial charge >= 0.3 is 0 Å². The zero-order valence-corrected chi connectivity index (χ0v) is 13.7. The molecule has 0 amide bonds.